The fourth-order valence-corrected chi connectivity index (χ4v) is 3.08. The van der Waals surface area contributed by atoms with Crippen LogP contribution in [0.5, 0.6) is 0 Å². The van der Waals surface area contributed by atoms with Crippen molar-refractivity contribution < 1.29 is 18.3 Å². The van der Waals surface area contributed by atoms with Gasteiger partial charge in [0.15, 0.2) is 0 Å². The van der Waals surface area contributed by atoms with Crippen molar-refractivity contribution in [3.63, 3.8) is 0 Å². The number of alkyl halides is 3. The minimum Gasteiger partial charge on any atom is -0.383 e. The average molecular weight is 338 g/mol. The highest BCUT2D eigenvalue weighted by atomic mass is 35.5. The summed E-state index contributed by atoms with van der Waals surface area (Å²) in [5.74, 6) is 1.30. The molecule has 1 atom stereocenters. The lowest BCUT2D eigenvalue weighted by Crippen LogP contribution is -2.24. The van der Waals surface area contributed by atoms with Crippen molar-refractivity contribution in [1.29, 1.82) is 0 Å². The number of fused-ring (bicyclic) bond motifs is 1. The number of nitrogens with one attached hydrogen (secondary N) is 1. The number of aromatic nitrogens is 1. The lowest BCUT2D eigenvalue weighted by molar-refractivity contribution is -0.137. The van der Waals surface area contributed by atoms with E-state index in [1.165, 1.54) is 6.07 Å². The monoisotopic (exact) mass is 337 g/mol. The van der Waals surface area contributed by atoms with Gasteiger partial charge >= 0.3 is 6.18 Å². The first-order chi connectivity index (χ1) is 9.65. The van der Waals surface area contributed by atoms with E-state index in [4.69, 9.17) is 11.6 Å². The van der Waals surface area contributed by atoms with Crippen molar-refractivity contribution in [3.05, 3.63) is 34.5 Å². The Bertz CT molecular complexity index is 651. The third kappa shape index (κ3) is 3.49. The van der Waals surface area contributed by atoms with Gasteiger partial charge in [-0.15, -0.1) is 0 Å². The van der Waals surface area contributed by atoms with Gasteiger partial charge in [-0.3, -0.25) is 0 Å². The molecule has 0 fully saturated rings. The van der Waals surface area contributed by atoms with Gasteiger partial charge in [-0.25, -0.2) is 0 Å². The molecular formula is C14H15ClF3NOS. The van der Waals surface area contributed by atoms with E-state index in [0.29, 0.717) is 22.3 Å². The Kier molecular flexibility index (Phi) is 4.52. The van der Waals surface area contributed by atoms with Crippen LogP contribution in [0.1, 0.15) is 25.1 Å². The van der Waals surface area contributed by atoms with Crippen LogP contribution in [0.15, 0.2) is 18.2 Å². The van der Waals surface area contributed by atoms with Crippen LogP contribution in [-0.2, 0) is 11.8 Å². The summed E-state index contributed by atoms with van der Waals surface area (Å²) in [6.07, 6.45) is -4.50. The third-order valence-electron chi connectivity index (χ3n) is 3.18. The molecule has 1 aromatic carbocycles. The molecule has 2 aromatic rings. The van der Waals surface area contributed by atoms with Crippen molar-refractivity contribution >= 4 is 34.3 Å². The maximum absolute atomic E-state index is 12.8. The molecule has 0 aliphatic heterocycles. The van der Waals surface area contributed by atoms with E-state index in [1.54, 1.807) is 24.8 Å². The second-order valence-electron chi connectivity index (χ2n) is 5.01. The zero-order chi connectivity index (χ0) is 15.8. The van der Waals surface area contributed by atoms with E-state index >= 15 is 0 Å². The molecule has 1 heterocycles. The highest BCUT2D eigenvalue weighted by Gasteiger charge is 2.34. The summed E-state index contributed by atoms with van der Waals surface area (Å²) in [4.78, 5) is 2.86. The number of hydrogen-bond donors (Lipinski definition) is 2. The third-order valence-corrected chi connectivity index (χ3v) is 4.67. The number of aliphatic hydroxyl groups is 1. The van der Waals surface area contributed by atoms with Crippen LogP contribution in [-0.4, -0.2) is 21.6 Å². The summed E-state index contributed by atoms with van der Waals surface area (Å²) in [6, 6.07) is 3.88. The van der Waals surface area contributed by atoms with Crippen molar-refractivity contribution in [2.45, 2.75) is 25.6 Å². The molecule has 0 saturated carbocycles. The summed E-state index contributed by atoms with van der Waals surface area (Å²) in [5.41, 5.74) is -1.23. The van der Waals surface area contributed by atoms with Crippen LogP contribution in [0.4, 0.5) is 13.2 Å². The molecule has 0 saturated heterocycles. The summed E-state index contributed by atoms with van der Waals surface area (Å²) >= 11 is 7.25. The smallest absolute Gasteiger partial charge is 0.383 e. The predicted octanol–water partition coefficient (Wildman–Crippen LogP) is 4.80. The van der Waals surface area contributed by atoms with Crippen LogP contribution in [0.3, 0.4) is 0 Å². The van der Waals surface area contributed by atoms with E-state index in [2.05, 4.69) is 4.98 Å². The van der Waals surface area contributed by atoms with Gasteiger partial charge in [-0.2, -0.15) is 24.9 Å². The molecule has 116 valence electrons. The van der Waals surface area contributed by atoms with Gasteiger partial charge in [-0.05, 0) is 30.9 Å². The number of benzene rings is 1. The zero-order valence-corrected chi connectivity index (χ0v) is 13.1. The summed E-state index contributed by atoms with van der Waals surface area (Å²) < 4.78 is 38.5. The quantitative estimate of drug-likeness (QED) is 0.840. The second-order valence-corrected chi connectivity index (χ2v) is 6.69. The summed E-state index contributed by atoms with van der Waals surface area (Å²) in [7, 11) is 0. The molecule has 0 aliphatic rings. The Morgan fingerprint density at radius 3 is 2.52 bits per heavy atom. The van der Waals surface area contributed by atoms with Gasteiger partial charge in [0.25, 0.3) is 0 Å². The Hall–Kier alpha value is -0.850. The van der Waals surface area contributed by atoms with E-state index in [1.807, 2.05) is 6.92 Å². The van der Waals surface area contributed by atoms with Gasteiger partial charge in [0.2, 0.25) is 0 Å². The first kappa shape index (κ1) is 16.5. The van der Waals surface area contributed by atoms with Crippen molar-refractivity contribution in [1.82, 2.24) is 4.98 Å². The topological polar surface area (TPSA) is 36.0 Å². The molecule has 1 unspecified atom stereocenters. The number of thioether (sulfide) groups is 1. The molecule has 2 N–H and O–H groups in total. The molecule has 0 bridgehead atoms. The Labute approximate surface area is 129 Å². The fraction of sp³-hybridized carbons (Fsp3) is 0.429. The van der Waals surface area contributed by atoms with Crippen molar-refractivity contribution in [3.8, 4) is 0 Å². The van der Waals surface area contributed by atoms with Crippen LogP contribution in [0, 0.1) is 0 Å². The SMILES string of the molecule is CCSCC(C)(O)c1cc2cc(Cl)c(C(F)(F)F)cc2[nH]1. The lowest BCUT2D eigenvalue weighted by Gasteiger charge is -2.21. The molecule has 2 nitrogen and oxygen atoms in total. The van der Waals surface area contributed by atoms with Gasteiger partial charge < -0.3 is 10.1 Å². The second kappa shape index (κ2) is 5.74. The first-order valence-electron chi connectivity index (χ1n) is 6.35. The molecule has 0 aliphatic carbocycles. The number of aromatic amines is 1. The van der Waals surface area contributed by atoms with E-state index in [9.17, 15) is 18.3 Å². The Morgan fingerprint density at radius 2 is 1.95 bits per heavy atom. The molecule has 0 amide bonds. The van der Waals surface area contributed by atoms with Gasteiger partial charge in [-0.1, -0.05) is 18.5 Å². The van der Waals surface area contributed by atoms with Gasteiger partial charge in [0, 0.05) is 22.3 Å². The molecule has 1 aromatic heterocycles. The molecule has 0 radical (unpaired) electrons. The lowest BCUT2D eigenvalue weighted by atomic mass is 10.1. The molecule has 7 heteroatoms. The maximum Gasteiger partial charge on any atom is 0.417 e. The highest BCUT2D eigenvalue weighted by molar-refractivity contribution is 7.99. The zero-order valence-electron chi connectivity index (χ0n) is 11.5. The molecule has 21 heavy (non-hydrogen) atoms. The number of H-pyrrole nitrogens is 1. The summed E-state index contributed by atoms with van der Waals surface area (Å²) in [5, 5.41) is 10.6. The minimum absolute atomic E-state index is 0.309. The Morgan fingerprint density at radius 1 is 1.29 bits per heavy atom. The normalized spacial score (nSPS) is 15.4. The van der Waals surface area contributed by atoms with Gasteiger partial charge in [0.05, 0.1) is 10.6 Å². The van der Waals surface area contributed by atoms with Gasteiger partial charge in [0.1, 0.15) is 5.60 Å². The first-order valence-corrected chi connectivity index (χ1v) is 7.88. The predicted molar refractivity (Wildman–Crippen MR) is 80.9 cm³/mol. The van der Waals surface area contributed by atoms with Crippen molar-refractivity contribution in [2.75, 3.05) is 11.5 Å². The number of hydrogen-bond acceptors (Lipinski definition) is 2. The number of rotatable bonds is 4. The standard InChI is InChI=1S/C14H15ClF3NOS/c1-3-21-7-13(2,20)12-5-8-4-10(15)9(14(16,17)18)6-11(8)19-12/h4-6,19-20H,3,7H2,1-2H3. The van der Waals surface area contributed by atoms with Crippen LogP contribution >= 0.6 is 23.4 Å². The minimum atomic E-state index is -4.50. The highest BCUT2D eigenvalue weighted by Crippen LogP contribution is 2.38. The molecule has 2 rings (SSSR count). The van der Waals surface area contributed by atoms with Crippen molar-refractivity contribution in [2.24, 2.45) is 0 Å². The van der Waals surface area contributed by atoms with Crippen LogP contribution in [0.2, 0.25) is 5.02 Å². The van der Waals surface area contributed by atoms with E-state index < -0.39 is 17.3 Å². The van der Waals surface area contributed by atoms with E-state index in [0.717, 1.165) is 11.8 Å². The van der Waals surface area contributed by atoms with Crippen LogP contribution < -0.4 is 0 Å². The molecular weight excluding hydrogens is 323 g/mol. The largest absolute Gasteiger partial charge is 0.417 e. The summed E-state index contributed by atoms with van der Waals surface area (Å²) in [6.45, 7) is 3.61. The average Bonchev–Trinajstić information content (AvgIpc) is 2.77. The Balaban J connectivity index is 2.47. The maximum atomic E-state index is 12.8. The van der Waals surface area contributed by atoms with E-state index in [-0.39, 0.29) is 5.02 Å². The molecule has 0 spiro atoms. The number of halogens is 4. The van der Waals surface area contributed by atoms with Crippen LogP contribution in [0.25, 0.3) is 10.9 Å². The fourth-order valence-electron chi connectivity index (χ4n) is 2.04.